The molecule has 17 heavy (non-hydrogen) atoms. The van der Waals surface area contributed by atoms with Crippen LogP contribution in [-0.2, 0) is 11.3 Å². The molecular formula is C8H8N4O2S3. The van der Waals surface area contributed by atoms with E-state index in [0.717, 1.165) is 17.5 Å². The fraction of sp³-hybridized carbons (Fsp3) is 0.250. The lowest BCUT2D eigenvalue weighted by atomic mass is 10.5. The summed E-state index contributed by atoms with van der Waals surface area (Å²) in [6, 6.07) is 0. The van der Waals surface area contributed by atoms with E-state index in [0.29, 0.717) is 16.0 Å². The number of carboxylic acids is 1. The molecule has 0 radical (unpaired) electrons. The molecule has 0 saturated heterocycles. The van der Waals surface area contributed by atoms with E-state index in [9.17, 15) is 4.79 Å². The summed E-state index contributed by atoms with van der Waals surface area (Å²) in [5.74, 6) is -0.858. The second kappa shape index (κ2) is 5.94. The molecule has 0 unspecified atom stereocenters. The van der Waals surface area contributed by atoms with Crippen LogP contribution in [0.4, 0.5) is 5.13 Å². The summed E-state index contributed by atoms with van der Waals surface area (Å²) >= 11 is 4.04. The molecule has 2 aromatic rings. The second-order valence-corrected chi connectivity index (χ2v) is 5.81. The Bertz CT molecular complexity index is 485. The zero-order chi connectivity index (χ0) is 12.1. The van der Waals surface area contributed by atoms with E-state index in [1.807, 2.05) is 5.38 Å². The van der Waals surface area contributed by atoms with E-state index in [2.05, 4.69) is 20.5 Å². The Morgan fingerprint density at radius 2 is 2.41 bits per heavy atom. The molecule has 2 heterocycles. The average molecular weight is 288 g/mol. The molecule has 0 saturated carbocycles. The minimum Gasteiger partial charge on any atom is -0.481 e. The van der Waals surface area contributed by atoms with Crippen LogP contribution in [0.15, 0.2) is 15.2 Å². The van der Waals surface area contributed by atoms with Crippen molar-refractivity contribution in [2.24, 2.45) is 0 Å². The maximum absolute atomic E-state index is 10.4. The van der Waals surface area contributed by atoms with E-state index in [-0.39, 0.29) is 5.75 Å². The Morgan fingerprint density at radius 3 is 3.12 bits per heavy atom. The Kier molecular flexibility index (Phi) is 4.29. The van der Waals surface area contributed by atoms with E-state index < -0.39 is 5.97 Å². The molecule has 0 aromatic carbocycles. The molecule has 2 N–H and O–H groups in total. The molecular weight excluding hydrogens is 280 g/mol. The molecule has 0 atom stereocenters. The first-order chi connectivity index (χ1) is 8.24. The van der Waals surface area contributed by atoms with Crippen LogP contribution in [-0.4, -0.2) is 32.0 Å². The van der Waals surface area contributed by atoms with Crippen LogP contribution >= 0.6 is 34.4 Å². The highest BCUT2D eigenvalue weighted by molar-refractivity contribution is 8.01. The Morgan fingerprint density at radius 1 is 1.53 bits per heavy atom. The third-order valence-corrected chi connectivity index (χ3v) is 4.26. The Balaban J connectivity index is 1.83. The van der Waals surface area contributed by atoms with Crippen LogP contribution in [0.5, 0.6) is 0 Å². The van der Waals surface area contributed by atoms with E-state index in [1.54, 1.807) is 5.51 Å². The van der Waals surface area contributed by atoms with Gasteiger partial charge in [0.2, 0.25) is 5.13 Å². The molecule has 6 nitrogen and oxygen atoms in total. The Labute approximate surface area is 109 Å². The van der Waals surface area contributed by atoms with Gasteiger partial charge in [-0.15, -0.1) is 21.5 Å². The average Bonchev–Trinajstić information content (AvgIpc) is 2.95. The van der Waals surface area contributed by atoms with Gasteiger partial charge in [-0.25, -0.2) is 4.98 Å². The third kappa shape index (κ3) is 3.95. The highest BCUT2D eigenvalue weighted by Gasteiger charge is 2.07. The van der Waals surface area contributed by atoms with Crippen molar-refractivity contribution in [2.75, 3.05) is 11.1 Å². The first-order valence-corrected chi connectivity index (χ1v) is 7.27. The van der Waals surface area contributed by atoms with Crippen LogP contribution in [0.25, 0.3) is 0 Å². The second-order valence-electron chi connectivity index (χ2n) is 2.89. The SMILES string of the molecule is O=C(O)CSc1nnc(NCc2cscn2)s1. The molecule has 90 valence electrons. The number of rotatable bonds is 6. The van der Waals surface area contributed by atoms with Gasteiger partial charge < -0.3 is 10.4 Å². The van der Waals surface area contributed by atoms with Gasteiger partial charge >= 0.3 is 5.97 Å². The molecule has 0 bridgehead atoms. The van der Waals surface area contributed by atoms with Gasteiger partial charge in [0, 0.05) is 5.38 Å². The molecule has 0 aliphatic rings. The topological polar surface area (TPSA) is 88.0 Å². The van der Waals surface area contributed by atoms with Gasteiger partial charge in [-0.1, -0.05) is 23.1 Å². The largest absolute Gasteiger partial charge is 0.481 e. The van der Waals surface area contributed by atoms with Crippen molar-refractivity contribution in [3.05, 3.63) is 16.6 Å². The van der Waals surface area contributed by atoms with Gasteiger partial charge in [0.25, 0.3) is 0 Å². The maximum Gasteiger partial charge on any atom is 0.313 e. The van der Waals surface area contributed by atoms with Gasteiger partial charge in [0.05, 0.1) is 23.5 Å². The number of nitrogens with one attached hydrogen (secondary N) is 1. The fourth-order valence-electron chi connectivity index (χ4n) is 0.954. The van der Waals surface area contributed by atoms with Gasteiger partial charge in [-0.2, -0.15) is 0 Å². The fourth-order valence-corrected chi connectivity index (χ4v) is 2.98. The van der Waals surface area contributed by atoms with Crippen LogP contribution < -0.4 is 5.32 Å². The Hall–Kier alpha value is -1.19. The maximum atomic E-state index is 10.4. The quantitative estimate of drug-likeness (QED) is 0.783. The van der Waals surface area contributed by atoms with E-state index >= 15 is 0 Å². The molecule has 0 aliphatic carbocycles. The van der Waals surface area contributed by atoms with Crippen LogP contribution in [0.1, 0.15) is 5.69 Å². The van der Waals surface area contributed by atoms with Crippen molar-refractivity contribution in [1.29, 1.82) is 0 Å². The lowest BCUT2D eigenvalue weighted by Crippen LogP contribution is -1.98. The summed E-state index contributed by atoms with van der Waals surface area (Å²) in [5, 5.41) is 22.0. The number of anilines is 1. The minimum atomic E-state index is -0.859. The summed E-state index contributed by atoms with van der Waals surface area (Å²) in [7, 11) is 0. The summed E-state index contributed by atoms with van der Waals surface area (Å²) in [4.78, 5) is 14.5. The number of aromatic nitrogens is 3. The van der Waals surface area contributed by atoms with Crippen molar-refractivity contribution in [3.63, 3.8) is 0 Å². The molecule has 2 rings (SSSR count). The summed E-state index contributed by atoms with van der Waals surface area (Å²) in [5.41, 5.74) is 2.72. The van der Waals surface area contributed by atoms with Crippen molar-refractivity contribution >= 4 is 45.5 Å². The summed E-state index contributed by atoms with van der Waals surface area (Å²) < 4.78 is 0.646. The predicted octanol–water partition coefficient (Wildman–Crippen LogP) is 1.78. The van der Waals surface area contributed by atoms with E-state index in [1.165, 1.54) is 22.7 Å². The first-order valence-electron chi connectivity index (χ1n) is 4.53. The molecule has 0 aliphatic heterocycles. The van der Waals surface area contributed by atoms with Crippen molar-refractivity contribution < 1.29 is 9.90 Å². The molecule has 0 spiro atoms. The normalized spacial score (nSPS) is 10.4. The number of hydrogen-bond donors (Lipinski definition) is 2. The number of carbonyl (C=O) groups is 1. The smallest absolute Gasteiger partial charge is 0.313 e. The van der Waals surface area contributed by atoms with Crippen molar-refractivity contribution in [3.8, 4) is 0 Å². The number of aliphatic carboxylic acids is 1. The van der Waals surface area contributed by atoms with Gasteiger partial charge in [-0.05, 0) is 0 Å². The van der Waals surface area contributed by atoms with Crippen molar-refractivity contribution in [1.82, 2.24) is 15.2 Å². The summed E-state index contributed by atoms with van der Waals surface area (Å²) in [6.45, 7) is 0.599. The molecule has 0 amide bonds. The molecule has 0 fully saturated rings. The van der Waals surface area contributed by atoms with Crippen LogP contribution in [0.3, 0.4) is 0 Å². The number of hydrogen-bond acceptors (Lipinski definition) is 8. The van der Waals surface area contributed by atoms with Crippen LogP contribution in [0.2, 0.25) is 0 Å². The molecule has 2 aromatic heterocycles. The number of thioether (sulfide) groups is 1. The minimum absolute atomic E-state index is 0.000714. The monoisotopic (exact) mass is 288 g/mol. The molecule has 9 heteroatoms. The predicted molar refractivity (Wildman–Crippen MR) is 67.7 cm³/mol. The standard InChI is InChI=1S/C8H8N4O2S3/c13-6(14)3-16-8-12-11-7(17-8)9-1-5-2-15-4-10-5/h2,4H,1,3H2,(H,9,11)(H,13,14). The highest BCUT2D eigenvalue weighted by atomic mass is 32.2. The lowest BCUT2D eigenvalue weighted by Gasteiger charge is -1.96. The lowest BCUT2D eigenvalue weighted by molar-refractivity contribution is -0.133. The van der Waals surface area contributed by atoms with Gasteiger partial charge in [0.1, 0.15) is 0 Å². The van der Waals surface area contributed by atoms with Gasteiger partial charge in [-0.3, -0.25) is 4.79 Å². The van der Waals surface area contributed by atoms with Crippen molar-refractivity contribution in [2.45, 2.75) is 10.9 Å². The zero-order valence-corrected chi connectivity index (χ0v) is 10.9. The first kappa shape index (κ1) is 12.3. The zero-order valence-electron chi connectivity index (χ0n) is 8.49. The summed E-state index contributed by atoms with van der Waals surface area (Å²) in [6.07, 6.45) is 0. The highest BCUT2D eigenvalue weighted by Crippen LogP contribution is 2.25. The van der Waals surface area contributed by atoms with E-state index in [4.69, 9.17) is 5.11 Å². The number of carboxylic acid groups (broad SMARTS) is 1. The number of nitrogens with zero attached hydrogens (tertiary/aromatic N) is 3. The number of thiazole rings is 1. The van der Waals surface area contributed by atoms with Crippen LogP contribution in [0, 0.1) is 0 Å². The third-order valence-electron chi connectivity index (χ3n) is 1.63. The van der Waals surface area contributed by atoms with Gasteiger partial charge in [0.15, 0.2) is 4.34 Å².